The molecular weight excluding hydrogens is 230 g/mol. The van der Waals surface area contributed by atoms with E-state index < -0.39 is 0 Å². The van der Waals surface area contributed by atoms with Gasteiger partial charge in [0.2, 0.25) is 0 Å². The smallest absolute Gasteiger partial charge is 0.0552 e. The molecule has 0 aliphatic carbocycles. The summed E-state index contributed by atoms with van der Waals surface area (Å²) in [6.45, 7) is 5.58. The Bertz CT molecular complexity index is 529. The van der Waals surface area contributed by atoms with E-state index in [0.717, 1.165) is 0 Å². The van der Waals surface area contributed by atoms with Crippen molar-refractivity contribution in [2.24, 2.45) is 0 Å². The molecule has 2 aromatic rings. The van der Waals surface area contributed by atoms with Crippen molar-refractivity contribution in [3.63, 3.8) is 0 Å². The molecule has 0 aromatic heterocycles. The summed E-state index contributed by atoms with van der Waals surface area (Å²) >= 11 is 0. The van der Waals surface area contributed by atoms with E-state index in [-0.39, 0.29) is 0 Å². The molecule has 1 aliphatic rings. The van der Waals surface area contributed by atoms with Crippen LogP contribution in [0.1, 0.15) is 42.1 Å². The number of nitrogens with zero attached hydrogens (tertiary/aromatic N) is 1. The van der Waals surface area contributed by atoms with E-state index >= 15 is 0 Å². The van der Waals surface area contributed by atoms with Gasteiger partial charge in [0.05, 0.1) is 12.1 Å². The predicted molar refractivity (Wildman–Crippen MR) is 80.1 cm³/mol. The Hall–Kier alpha value is -1.60. The van der Waals surface area contributed by atoms with Crippen LogP contribution in [0.4, 0.5) is 0 Å². The summed E-state index contributed by atoms with van der Waals surface area (Å²) in [5.74, 6) is 0. The number of rotatable bonds is 4. The standard InChI is InChI=1S/C18H21N/c1-3-13-19-17(15-7-5-4-6-8-15)18(19)16-11-9-14(2)10-12-16/h4-12,17-18H,3,13H2,1-2H3/t17-,18-,19?/m1/s1. The Balaban J connectivity index is 1.86. The molecule has 98 valence electrons. The lowest BCUT2D eigenvalue weighted by Gasteiger charge is -2.01. The number of benzene rings is 2. The number of hydrogen-bond acceptors (Lipinski definition) is 1. The van der Waals surface area contributed by atoms with Gasteiger partial charge in [-0.25, -0.2) is 0 Å². The molecule has 0 bridgehead atoms. The van der Waals surface area contributed by atoms with E-state index in [9.17, 15) is 0 Å². The van der Waals surface area contributed by atoms with Crippen LogP contribution in [-0.4, -0.2) is 11.4 Å². The highest BCUT2D eigenvalue weighted by Crippen LogP contribution is 2.54. The molecule has 0 spiro atoms. The van der Waals surface area contributed by atoms with E-state index in [1.54, 1.807) is 0 Å². The van der Waals surface area contributed by atoms with Crippen molar-refractivity contribution in [3.05, 3.63) is 71.3 Å². The third-order valence-electron chi connectivity index (χ3n) is 3.97. The predicted octanol–water partition coefficient (Wildman–Crippen LogP) is 4.50. The minimum Gasteiger partial charge on any atom is -0.286 e. The van der Waals surface area contributed by atoms with Crippen LogP contribution in [0.3, 0.4) is 0 Å². The summed E-state index contributed by atoms with van der Waals surface area (Å²) in [5, 5.41) is 0. The molecule has 19 heavy (non-hydrogen) atoms. The highest BCUT2D eigenvalue weighted by atomic mass is 15.3. The first-order chi connectivity index (χ1) is 9.31. The molecule has 1 nitrogen and oxygen atoms in total. The van der Waals surface area contributed by atoms with Crippen LogP contribution < -0.4 is 0 Å². The lowest BCUT2D eigenvalue weighted by atomic mass is 10.0. The van der Waals surface area contributed by atoms with E-state index in [2.05, 4.69) is 73.3 Å². The Morgan fingerprint density at radius 2 is 1.42 bits per heavy atom. The zero-order valence-electron chi connectivity index (χ0n) is 11.7. The fraction of sp³-hybridized carbons (Fsp3) is 0.333. The van der Waals surface area contributed by atoms with Crippen LogP contribution in [0.5, 0.6) is 0 Å². The molecule has 0 amide bonds. The second-order valence-electron chi connectivity index (χ2n) is 5.45. The lowest BCUT2D eigenvalue weighted by molar-refractivity contribution is 0.482. The van der Waals surface area contributed by atoms with Crippen molar-refractivity contribution in [1.82, 2.24) is 4.90 Å². The fourth-order valence-electron chi connectivity index (χ4n) is 2.97. The SMILES string of the molecule is CCCN1[C@H](c2ccccc2)[C@H]1c1ccc(C)cc1. The highest BCUT2D eigenvalue weighted by molar-refractivity contribution is 5.35. The zero-order chi connectivity index (χ0) is 13.2. The molecule has 0 radical (unpaired) electrons. The number of aryl methyl sites for hydroxylation is 1. The van der Waals surface area contributed by atoms with Gasteiger partial charge in [-0.1, -0.05) is 67.1 Å². The molecule has 1 saturated heterocycles. The summed E-state index contributed by atoms with van der Waals surface area (Å²) in [5.41, 5.74) is 4.23. The van der Waals surface area contributed by atoms with Crippen molar-refractivity contribution < 1.29 is 0 Å². The van der Waals surface area contributed by atoms with Crippen LogP contribution in [0.15, 0.2) is 54.6 Å². The first kappa shape index (κ1) is 12.4. The minimum atomic E-state index is 0.572. The van der Waals surface area contributed by atoms with E-state index in [0.29, 0.717) is 12.1 Å². The van der Waals surface area contributed by atoms with Crippen LogP contribution in [0, 0.1) is 6.92 Å². The molecule has 3 atom stereocenters. The van der Waals surface area contributed by atoms with Gasteiger partial charge in [-0.3, -0.25) is 4.90 Å². The largest absolute Gasteiger partial charge is 0.286 e. The Morgan fingerprint density at radius 1 is 0.842 bits per heavy atom. The summed E-state index contributed by atoms with van der Waals surface area (Å²) < 4.78 is 0. The minimum absolute atomic E-state index is 0.572. The third kappa shape index (κ3) is 2.43. The van der Waals surface area contributed by atoms with Crippen molar-refractivity contribution in [2.75, 3.05) is 6.54 Å². The van der Waals surface area contributed by atoms with Crippen LogP contribution in [-0.2, 0) is 0 Å². The molecule has 0 N–H and O–H groups in total. The molecule has 1 aliphatic heterocycles. The van der Waals surface area contributed by atoms with Crippen molar-refractivity contribution in [1.29, 1.82) is 0 Å². The van der Waals surface area contributed by atoms with Gasteiger partial charge in [0.15, 0.2) is 0 Å². The average Bonchev–Trinajstić information content (AvgIpc) is 3.15. The van der Waals surface area contributed by atoms with Gasteiger partial charge in [0, 0.05) is 0 Å². The summed E-state index contributed by atoms with van der Waals surface area (Å²) in [4.78, 5) is 2.60. The maximum Gasteiger partial charge on any atom is 0.0552 e. The number of hydrogen-bond donors (Lipinski definition) is 0. The highest BCUT2D eigenvalue weighted by Gasteiger charge is 2.48. The van der Waals surface area contributed by atoms with Gasteiger partial charge in [-0.15, -0.1) is 0 Å². The molecule has 0 saturated carbocycles. The molecule has 2 aromatic carbocycles. The van der Waals surface area contributed by atoms with E-state index in [1.807, 2.05) is 0 Å². The van der Waals surface area contributed by atoms with E-state index in [1.165, 1.54) is 29.7 Å². The second-order valence-corrected chi connectivity index (χ2v) is 5.45. The normalized spacial score (nSPS) is 25.3. The zero-order valence-corrected chi connectivity index (χ0v) is 11.7. The summed E-state index contributed by atoms with van der Waals surface area (Å²) in [7, 11) is 0. The molecule has 1 heteroatoms. The van der Waals surface area contributed by atoms with Crippen LogP contribution in [0.2, 0.25) is 0 Å². The van der Waals surface area contributed by atoms with Crippen LogP contribution >= 0.6 is 0 Å². The molecule has 1 fully saturated rings. The monoisotopic (exact) mass is 251 g/mol. The maximum absolute atomic E-state index is 2.60. The van der Waals surface area contributed by atoms with Crippen molar-refractivity contribution >= 4 is 0 Å². The van der Waals surface area contributed by atoms with Crippen LogP contribution in [0.25, 0.3) is 0 Å². The Labute approximate surface area is 115 Å². The Morgan fingerprint density at radius 3 is 2.00 bits per heavy atom. The lowest BCUT2D eigenvalue weighted by Crippen LogP contribution is -2.00. The maximum atomic E-state index is 2.60. The summed E-state index contributed by atoms with van der Waals surface area (Å²) in [6, 6.07) is 21.0. The first-order valence-electron chi connectivity index (χ1n) is 7.18. The average molecular weight is 251 g/mol. The van der Waals surface area contributed by atoms with Crippen molar-refractivity contribution in [2.45, 2.75) is 32.4 Å². The van der Waals surface area contributed by atoms with Gasteiger partial charge in [-0.2, -0.15) is 0 Å². The van der Waals surface area contributed by atoms with Gasteiger partial charge in [0.25, 0.3) is 0 Å². The van der Waals surface area contributed by atoms with Gasteiger partial charge >= 0.3 is 0 Å². The van der Waals surface area contributed by atoms with Gasteiger partial charge < -0.3 is 0 Å². The topological polar surface area (TPSA) is 3.01 Å². The van der Waals surface area contributed by atoms with Gasteiger partial charge in [-0.05, 0) is 31.0 Å². The summed E-state index contributed by atoms with van der Waals surface area (Å²) in [6.07, 6.45) is 1.21. The third-order valence-corrected chi connectivity index (χ3v) is 3.97. The second kappa shape index (κ2) is 5.18. The van der Waals surface area contributed by atoms with Crippen molar-refractivity contribution in [3.8, 4) is 0 Å². The molecular formula is C18H21N. The van der Waals surface area contributed by atoms with E-state index in [4.69, 9.17) is 0 Å². The molecule has 1 unspecified atom stereocenters. The first-order valence-corrected chi connectivity index (χ1v) is 7.18. The molecule has 1 heterocycles. The molecule has 3 rings (SSSR count). The van der Waals surface area contributed by atoms with Gasteiger partial charge in [0.1, 0.15) is 0 Å². The quantitative estimate of drug-likeness (QED) is 0.723. The Kier molecular flexibility index (Phi) is 3.39. The fourth-order valence-corrected chi connectivity index (χ4v) is 2.97.